The van der Waals surface area contributed by atoms with Gasteiger partial charge in [0, 0.05) is 19.7 Å². The van der Waals surface area contributed by atoms with Gasteiger partial charge in [0.15, 0.2) is 5.82 Å². The van der Waals surface area contributed by atoms with Crippen molar-refractivity contribution in [3.63, 3.8) is 0 Å². The van der Waals surface area contributed by atoms with Gasteiger partial charge in [0.2, 0.25) is 0 Å². The van der Waals surface area contributed by atoms with Gasteiger partial charge in [-0.05, 0) is 46.9 Å². The Morgan fingerprint density at radius 1 is 1.26 bits per heavy atom. The number of aromatic nitrogens is 2. The molecule has 0 fully saturated rings. The van der Waals surface area contributed by atoms with Gasteiger partial charge in [0.25, 0.3) is 0 Å². The van der Waals surface area contributed by atoms with Gasteiger partial charge in [-0.25, -0.2) is 14.4 Å². The molecule has 0 amide bonds. The Morgan fingerprint density at radius 2 is 1.95 bits per heavy atom. The molecule has 1 aromatic carbocycles. The van der Waals surface area contributed by atoms with Crippen LogP contribution in [-0.4, -0.2) is 24.1 Å². The van der Waals surface area contributed by atoms with Crippen molar-refractivity contribution in [3.05, 3.63) is 39.3 Å². The molecule has 2 rings (SSSR count). The molecule has 4 nitrogen and oxygen atoms in total. The van der Waals surface area contributed by atoms with Gasteiger partial charge in [-0.3, -0.25) is 0 Å². The van der Waals surface area contributed by atoms with Crippen LogP contribution in [0.25, 0.3) is 11.4 Å². The molecular formula is C13H13FIN3O. The maximum absolute atomic E-state index is 12.9. The third-order valence-electron chi connectivity index (χ3n) is 2.54. The molecule has 1 heterocycles. The zero-order valence-electron chi connectivity index (χ0n) is 10.6. The maximum Gasteiger partial charge on any atom is 0.161 e. The van der Waals surface area contributed by atoms with Gasteiger partial charge in [-0.1, -0.05) is 0 Å². The fraction of sp³-hybridized carbons (Fsp3) is 0.231. The second-order valence-electron chi connectivity index (χ2n) is 3.85. The van der Waals surface area contributed by atoms with Crippen molar-refractivity contribution in [3.8, 4) is 11.4 Å². The van der Waals surface area contributed by atoms with Crippen molar-refractivity contribution in [1.82, 2.24) is 9.97 Å². The van der Waals surface area contributed by atoms with E-state index in [0.29, 0.717) is 12.4 Å². The molecule has 0 bridgehead atoms. The van der Waals surface area contributed by atoms with E-state index >= 15 is 0 Å². The van der Waals surface area contributed by atoms with E-state index in [4.69, 9.17) is 4.74 Å². The van der Waals surface area contributed by atoms with Crippen LogP contribution in [-0.2, 0) is 11.3 Å². The van der Waals surface area contributed by atoms with Crippen molar-refractivity contribution < 1.29 is 9.13 Å². The maximum atomic E-state index is 12.9. The first-order valence-electron chi connectivity index (χ1n) is 5.64. The van der Waals surface area contributed by atoms with Crippen LogP contribution < -0.4 is 5.32 Å². The Hall–Kier alpha value is -1.28. The highest BCUT2D eigenvalue weighted by Crippen LogP contribution is 2.24. The first-order chi connectivity index (χ1) is 9.15. The number of benzene rings is 1. The molecule has 0 spiro atoms. The zero-order valence-corrected chi connectivity index (χ0v) is 12.7. The lowest BCUT2D eigenvalue weighted by molar-refractivity contribution is 0.181. The molecule has 0 saturated heterocycles. The van der Waals surface area contributed by atoms with E-state index in [1.807, 2.05) is 0 Å². The average molecular weight is 373 g/mol. The van der Waals surface area contributed by atoms with Crippen molar-refractivity contribution >= 4 is 28.4 Å². The average Bonchev–Trinajstić information content (AvgIpc) is 2.42. The number of hydrogen-bond acceptors (Lipinski definition) is 4. The topological polar surface area (TPSA) is 47.0 Å². The molecule has 2 aromatic rings. The summed E-state index contributed by atoms with van der Waals surface area (Å²) >= 11 is 2.18. The Labute approximate surface area is 124 Å². The predicted octanol–water partition coefficient (Wildman–Crippen LogP) is 3.08. The summed E-state index contributed by atoms with van der Waals surface area (Å²) in [7, 11) is 3.42. The highest BCUT2D eigenvalue weighted by atomic mass is 127. The summed E-state index contributed by atoms with van der Waals surface area (Å²) in [6.07, 6.45) is 0. The summed E-state index contributed by atoms with van der Waals surface area (Å²) in [4.78, 5) is 8.89. The van der Waals surface area contributed by atoms with E-state index in [2.05, 4.69) is 37.9 Å². The van der Waals surface area contributed by atoms with Gasteiger partial charge in [0.1, 0.15) is 11.6 Å². The number of halogens is 2. The van der Waals surface area contributed by atoms with E-state index in [-0.39, 0.29) is 5.82 Å². The van der Waals surface area contributed by atoms with E-state index in [1.165, 1.54) is 12.1 Å². The van der Waals surface area contributed by atoms with E-state index < -0.39 is 0 Å². The molecule has 0 unspecified atom stereocenters. The monoisotopic (exact) mass is 373 g/mol. The fourth-order valence-corrected chi connectivity index (χ4v) is 2.29. The number of anilines is 1. The van der Waals surface area contributed by atoms with Crippen molar-refractivity contribution in [1.29, 1.82) is 0 Å². The molecule has 0 aliphatic heterocycles. The summed E-state index contributed by atoms with van der Waals surface area (Å²) in [5.41, 5.74) is 1.58. The number of rotatable bonds is 4. The van der Waals surface area contributed by atoms with Gasteiger partial charge < -0.3 is 10.1 Å². The van der Waals surface area contributed by atoms with Crippen molar-refractivity contribution in [2.24, 2.45) is 0 Å². The van der Waals surface area contributed by atoms with Gasteiger partial charge in [0.05, 0.1) is 15.9 Å². The molecule has 0 aliphatic rings. The third kappa shape index (κ3) is 3.19. The minimum Gasteiger partial charge on any atom is -0.378 e. The van der Waals surface area contributed by atoms with Gasteiger partial charge in [-0.2, -0.15) is 0 Å². The fourth-order valence-electron chi connectivity index (χ4n) is 1.62. The van der Waals surface area contributed by atoms with Crippen molar-refractivity contribution in [2.45, 2.75) is 6.61 Å². The van der Waals surface area contributed by atoms with Crippen molar-refractivity contribution in [2.75, 3.05) is 19.5 Å². The van der Waals surface area contributed by atoms with Crippen LogP contribution >= 0.6 is 22.6 Å². The highest BCUT2D eigenvalue weighted by Gasteiger charge is 2.12. The lowest BCUT2D eigenvalue weighted by Gasteiger charge is -2.10. The molecule has 19 heavy (non-hydrogen) atoms. The SMILES string of the molecule is CNc1nc(-c2ccc(F)cc2)nc(COC)c1I. The first kappa shape index (κ1) is 14.1. The van der Waals surface area contributed by atoms with Gasteiger partial charge >= 0.3 is 0 Å². The molecule has 1 aromatic heterocycles. The molecule has 0 atom stereocenters. The number of methoxy groups -OCH3 is 1. The highest BCUT2D eigenvalue weighted by molar-refractivity contribution is 14.1. The normalized spacial score (nSPS) is 10.5. The van der Waals surface area contributed by atoms with Crippen LogP contribution in [0.15, 0.2) is 24.3 Å². The number of ether oxygens (including phenoxy) is 1. The van der Waals surface area contributed by atoms with E-state index in [0.717, 1.165) is 20.6 Å². The van der Waals surface area contributed by atoms with Crippen LogP contribution in [0, 0.1) is 9.39 Å². The van der Waals surface area contributed by atoms with E-state index in [1.54, 1.807) is 26.3 Å². The minimum absolute atomic E-state index is 0.278. The summed E-state index contributed by atoms with van der Waals surface area (Å²) in [6.45, 7) is 0.406. The van der Waals surface area contributed by atoms with Crippen LogP contribution in [0.5, 0.6) is 0 Å². The second-order valence-corrected chi connectivity index (χ2v) is 4.93. The summed E-state index contributed by atoms with van der Waals surface area (Å²) < 4.78 is 19.0. The summed E-state index contributed by atoms with van der Waals surface area (Å²) in [5.74, 6) is 1.01. The lowest BCUT2D eigenvalue weighted by Crippen LogP contribution is -2.06. The third-order valence-corrected chi connectivity index (χ3v) is 3.67. The molecule has 100 valence electrons. The molecule has 0 saturated carbocycles. The van der Waals surface area contributed by atoms with Crippen LogP contribution in [0.1, 0.15) is 5.69 Å². The number of nitrogens with one attached hydrogen (secondary N) is 1. The van der Waals surface area contributed by atoms with Crippen LogP contribution in [0.3, 0.4) is 0 Å². The summed E-state index contributed by atoms with van der Waals surface area (Å²) in [5, 5.41) is 3.03. The van der Waals surface area contributed by atoms with Crippen LogP contribution in [0.4, 0.5) is 10.2 Å². The van der Waals surface area contributed by atoms with Crippen LogP contribution in [0.2, 0.25) is 0 Å². The summed E-state index contributed by atoms with van der Waals surface area (Å²) in [6, 6.07) is 6.11. The standard InChI is InChI=1S/C13H13FIN3O/c1-16-13-11(15)10(7-19-2)17-12(18-13)8-3-5-9(14)6-4-8/h3-6H,7H2,1-2H3,(H,16,17,18). The smallest absolute Gasteiger partial charge is 0.161 e. The first-order valence-corrected chi connectivity index (χ1v) is 6.72. The molecular weight excluding hydrogens is 360 g/mol. The zero-order chi connectivity index (χ0) is 13.8. The lowest BCUT2D eigenvalue weighted by atomic mass is 10.2. The molecule has 0 radical (unpaired) electrons. The molecule has 6 heteroatoms. The van der Waals surface area contributed by atoms with Gasteiger partial charge in [-0.15, -0.1) is 0 Å². The number of nitrogens with zero attached hydrogens (tertiary/aromatic N) is 2. The predicted molar refractivity (Wildman–Crippen MR) is 80.4 cm³/mol. The Bertz CT molecular complexity index is 575. The largest absolute Gasteiger partial charge is 0.378 e. The minimum atomic E-state index is -0.278. The number of hydrogen-bond donors (Lipinski definition) is 1. The Kier molecular flexibility index (Phi) is 4.65. The second kappa shape index (κ2) is 6.25. The Morgan fingerprint density at radius 3 is 2.53 bits per heavy atom. The Balaban J connectivity index is 2.51. The molecule has 0 aliphatic carbocycles. The molecule has 1 N–H and O–H groups in total. The quantitative estimate of drug-likeness (QED) is 0.837. The van der Waals surface area contributed by atoms with E-state index in [9.17, 15) is 4.39 Å².